The van der Waals surface area contributed by atoms with E-state index in [4.69, 9.17) is 14.7 Å². The molecule has 0 bridgehead atoms. The van der Waals surface area contributed by atoms with Crippen molar-refractivity contribution >= 4 is 23.6 Å². The number of carbonyl (C=O) groups excluding carboxylic acids is 1. The van der Waals surface area contributed by atoms with E-state index in [0.717, 1.165) is 52.6 Å². The average Bonchev–Trinajstić information content (AvgIpc) is 3.79. The predicted octanol–water partition coefficient (Wildman–Crippen LogP) is -0.0573. The molecule has 0 atom stereocenters. The normalized spacial score (nSPS) is 14.7. The van der Waals surface area contributed by atoms with Crippen molar-refractivity contribution in [3.05, 3.63) is 99.5 Å². The molecule has 11 heteroatoms. The third-order valence-electron chi connectivity index (χ3n) is 7.24. The first-order chi connectivity index (χ1) is 20.2. The van der Waals surface area contributed by atoms with Gasteiger partial charge in [-0.05, 0) is 5.56 Å². The topological polar surface area (TPSA) is 102 Å². The van der Waals surface area contributed by atoms with Crippen LogP contribution in [0, 0.1) is 3.57 Å². The molecule has 10 nitrogen and oxygen atoms in total. The van der Waals surface area contributed by atoms with Crippen LogP contribution in [0.5, 0.6) is 0 Å². The zero-order chi connectivity index (χ0) is 27.6. The number of nitrogens with one attached hydrogen (secondary N) is 1. The van der Waals surface area contributed by atoms with Gasteiger partial charge in [0.25, 0.3) is 0 Å². The van der Waals surface area contributed by atoms with Crippen LogP contribution in [0.25, 0.3) is 16.9 Å². The summed E-state index contributed by atoms with van der Waals surface area (Å²) < 4.78 is 15.7. The van der Waals surface area contributed by atoms with Crippen LogP contribution in [0.2, 0.25) is 0 Å². The van der Waals surface area contributed by atoms with E-state index in [9.17, 15) is 4.79 Å². The Labute approximate surface area is 247 Å². The van der Waals surface area contributed by atoms with Crippen molar-refractivity contribution in [1.29, 1.82) is 0 Å². The van der Waals surface area contributed by atoms with Crippen molar-refractivity contribution in [3.63, 3.8) is 0 Å². The molecule has 0 aliphatic carbocycles. The van der Waals surface area contributed by atoms with E-state index in [1.807, 2.05) is 59.8 Å². The van der Waals surface area contributed by atoms with Gasteiger partial charge in [0.1, 0.15) is 0 Å². The fourth-order valence-corrected chi connectivity index (χ4v) is 6.99. The molecule has 0 saturated carbocycles. The Morgan fingerprint density at radius 1 is 1.05 bits per heavy atom. The summed E-state index contributed by atoms with van der Waals surface area (Å²) in [6.45, 7) is 3.74. The minimum Gasteiger partial charge on any atom is -0.0622 e. The van der Waals surface area contributed by atoms with Gasteiger partial charge in [-0.2, -0.15) is 0 Å². The molecule has 2 aliphatic heterocycles. The maximum absolute atomic E-state index is 13.0. The van der Waals surface area contributed by atoms with Crippen LogP contribution in [0.1, 0.15) is 22.5 Å². The van der Waals surface area contributed by atoms with Crippen LogP contribution in [-0.4, -0.2) is 62.3 Å². The molecule has 5 heterocycles. The number of ether oxygens (including phenoxy) is 1. The first-order valence-electron chi connectivity index (χ1n) is 13.5. The molecule has 1 fully saturated rings. The molecule has 1 N–H and O–H groups in total. The number of amides is 1. The predicted molar refractivity (Wildman–Crippen MR) is 151 cm³/mol. The van der Waals surface area contributed by atoms with Gasteiger partial charge in [0, 0.05) is 0 Å². The van der Waals surface area contributed by atoms with E-state index < -0.39 is 0 Å². The molecule has 7 rings (SSSR count). The number of aromatic nitrogens is 5. The summed E-state index contributed by atoms with van der Waals surface area (Å²) in [6, 6.07) is 16.3. The Bertz CT molecular complexity index is 1730. The number of hydrogen-bond acceptors (Lipinski definition) is 7. The van der Waals surface area contributed by atoms with Crippen LogP contribution in [-0.2, 0) is 29.0 Å². The SMILES string of the molecule is O=C(Cc1cn2c(Cn3ccnc3)c(-c3cccc4c3C=N[I-]4)nc(N3CCOCC3)c2n1)NCc1ccccc1. The Morgan fingerprint density at radius 2 is 1.93 bits per heavy atom. The standard InChI is InChI=1S/C30H28IN8O2/c40-27(33-16-21-5-2-1-3-6-21)15-22-18-39-26(19-37-10-9-32-20-37)28(23-7-4-8-25-24(23)17-34-31-25)36-29(30(39)35-22)38-11-13-41-14-12-38/h1-10,17-18,20H,11-16,19H2,(H,33,40)/q-1. The molecule has 2 aliphatic rings. The Hall–Kier alpha value is -4.10. The first-order valence-corrected chi connectivity index (χ1v) is 15.6. The molecule has 1 saturated heterocycles. The maximum atomic E-state index is 13.0. The minimum atomic E-state index is -0.385. The molecule has 208 valence electrons. The zero-order valence-electron chi connectivity index (χ0n) is 22.3. The van der Waals surface area contributed by atoms with Gasteiger partial charge < -0.3 is 0 Å². The van der Waals surface area contributed by atoms with Crippen LogP contribution < -0.4 is 31.7 Å². The molecule has 5 aromatic rings. The number of imidazole rings is 2. The molecular formula is C30H28IN8O2-. The first kappa shape index (κ1) is 25.8. The van der Waals surface area contributed by atoms with E-state index in [0.29, 0.717) is 32.0 Å². The molecule has 1 amide bonds. The number of fused-ring (bicyclic) bond motifs is 2. The summed E-state index contributed by atoms with van der Waals surface area (Å²) in [5.41, 5.74) is 6.57. The number of anilines is 1. The fourth-order valence-electron chi connectivity index (χ4n) is 5.22. The van der Waals surface area contributed by atoms with E-state index in [2.05, 4.69) is 41.0 Å². The minimum absolute atomic E-state index is 0.0736. The molecule has 2 aromatic carbocycles. The number of carbonyl (C=O) groups is 1. The van der Waals surface area contributed by atoms with Crippen LogP contribution >= 0.6 is 0 Å². The Kier molecular flexibility index (Phi) is 7.19. The average molecular weight is 660 g/mol. The molecule has 0 spiro atoms. The van der Waals surface area contributed by atoms with Gasteiger partial charge in [-0.3, -0.25) is 0 Å². The number of morpholine rings is 1. The fraction of sp³-hybridized carbons (Fsp3) is 0.233. The van der Waals surface area contributed by atoms with Crippen molar-refractivity contribution in [2.45, 2.75) is 19.5 Å². The Balaban J connectivity index is 1.34. The second kappa shape index (κ2) is 11.4. The van der Waals surface area contributed by atoms with Gasteiger partial charge in [-0.15, -0.1) is 0 Å². The van der Waals surface area contributed by atoms with Crippen molar-refractivity contribution < 1.29 is 31.0 Å². The van der Waals surface area contributed by atoms with Gasteiger partial charge in [-0.1, -0.05) is 30.3 Å². The van der Waals surface area contributed by atoms with Crippen molar-refractivity contribution in [3.8, 4) is 11.3 Å². The number of hydrogen-bond donors (Lipinski definition) is 1. The van der Waals surface area contributed by atoms with Gasteiger partial charge in [0.2, 0.25) is 0 Å². The summed E-state index contributed by atoms with van der Waals surface area (Å²) in [5, 5.41) is 3.03. The summed E-state index contributed by atoms with van der Waals surface area (Å²) in [7, 11) is 0. The summed E-state index contributed by atoms with van der Waals surface area (Å²) in [4.78, 5) is 29.8. The third-order valence-corrected chi connectivity index (χ3v) is 9.26. The smallest absolute Gasteiger partial charge is 0.0622 e. The molecule has 41 heavy (non-hydrogen) atoms. The van der Waals surface area contributed by atoms with Gasteiger partial charge in [-0.25, -0.2) is 0 Å². The molecule has 0 radical (unpaired) electrons. The molecule has 3 aromatic heterocycles. The molecular weight excluding hydrogens is 631 g/mol. The van der Waals surface area contributed by atoms with Crippen LogP contribution in [0.15, 0.2) is 76.7 Å². The van der Waals surface area contributed by atoms with Crippen LogP contribution in [0.3, 0.4) is 0 Å². The monoisotopic (exact) mass is 659 g/mol. The van der Waals surface area contributed by atoms with E-state index in [1.165, 1.54) is 3.57 Å². The second-order valence-corrected chi connectivity index (χ2v) is 12.1. The van der Waals surface area contributed by atoms with E-state index >= 15 is 0 Å². The van der Waals surface area contributed by atoms with Crippen molar-refractivity contribution in [1.82, 2.24) is 29.2 Å². The second-order valence-electron chi connectivity index (χ2n) is 9.94. The van der Waals surface area contributed by atoms with E-state index in [1.54, 1.807) is 6.20 Å². The summed E-state index contributed by atoms with van der Waals surface area (Å²) in [5.74, 6) is 0.728. The van der Waals surface area contributed by atoms with Gasteiger partial charge in [0.15, 0.2) is 0 Å². The van der Waals surface area contributed by atoms with E-state index in [-0.39, 0.29) is 33.8 Å². The number of halogens is 1. The van der Waals surface area contributed by atoms with Crippen LogP contribution in [0.4, 0.5) is 5.82 Å². The van der Waals surface area contributed by atoms with Gasteiger partial charge >= 0.3 is 213 Å². The number of benzene rings is 2. The molecule has 0 unspecified atom stereocenters. The van der Waals surface area contributed by atoms with Crippen molar-refractivity contribution in [2.24, 2.45) is 3.21 Å². The number of nitrogens with zero attached hydrogens (tertiary/aromatic N) is 7. The quantitative estimate of drug-likeness (QED) is 0.235. The zero-order valence-corrected chi connectivity index (χ0v) is 24.4. The van der Waals surface area contributed by atoms with Crippen molar-refractivity contribution in [2.75, 3.05) is 31.2 Å². The third kappa shape index (κ3) is 5.34. The van der Waals surface area contributed by atoms with Gasteiger partial charge in [0.05, 0.1) is 0 Å². The number of rotatable bonds is 8. The summed E-state index contributed by atoms with van der Waals surface area (Å²) in [6.07, 6.45) is 9.69. The summed E-state index contributed by atoms with van der Waals surface area (Å²) >= 11 is -0.385. The Morgan fingerprint density at radius 3 is 2.76 bits per heavy atom.